The summed E-state index contributed by atoms with van der Waals surface area (Å²) in [4.78, 5) is 11.8. The standard InChI is InChI=1S/C28H26ClFN4O3S2/c1-39(35,36)13-12-34-11-3-6-22(34)8-9-23-16-25-27(38-23)28(32-18-31-25)33-21-7-10-26(24(29)15-21)37-17-19-4-2-5-20(30)14-19/h2,4-5,7,10,14-16,18,22H,3,6,11-13,17H2,1H3,(H,31,32,33)/t22-/m0/s1. The summed E-state index contributed by atoms with van der Waals surface area (Å²) in [6, 6.07) is 13.6. The van der Waals surface area contributed by atoms with Gasteiger partial charge in [-0.3, -0.25) is 4.90 Å². The van der Waals surface area contributed by atoms with Gasteiger partial charge in [0.15, 0.2) is 5.82 Å². The quantitative estimate of drug-likeness (QED) is 0.267. The molecule has 1 N–H and O–H groups in total. The number of likely N-dealkylation sites (tertiary alicyclic amines) is 1. The van der Waals surface area contributed by atoms with Crippen LogP contribution in [0.15, 0.2) is 54.9 Å². The van der Waals surface area contributed by atoms with Crippen LogP contribution in [-0.4, -0.2) is 54.4 Å². The monoisotopic (exact) mass is 584 g/mol. The lowest BCUT2D eigenvalue weighted by molar-refractivity contribution is 0.306. The molecule has 1 fully saturated rings. The second-order valence-corrected chi connectivity index (χ2v) is 13.0. The van der Waals surface area contributed by atoms with Crippen molar-refractivity contribution in [3.63, 3.8) is 0 Å². The third-order valence-electron chi connectivity index (χ3n) is 6.26. The van der Waals surface area contributed by atoms with Crippen molar-refractivity contribution in [2.75, 3.05) is 30.4 Å². The number of thiophene rings is 1. The van der Waals surface area contributed by atoms with Crippen LogP contribution in [0.25, 0.3) is 10.2 Å². The molecule has 0 spiro atoms. The molecule has 7 nitrogen and oxygen atoms in total. The summed E-state index contributed by atoms with van der Waals surface area (Å²) in [5.74, 6) is 7.54. The van der Waals surface area contributed by atoms with E-state index in [4.69, 9.17) is 16.3 Å². The SMILES string of the molecule is CS(=O)(=O)CCN1CCC[C@H]1C#Cc1cc2ncnc(Nc3ccc(OCc4cccc(F)c4)c(Cl)c3)c2s1. The van der Waals surface area contributed by atoms with E-state index in [-0.39, 0.29) is 24.2 Å². The predicted molar refractivity (Wildman–Crippen MR) is 154 cm³/mol. The summed E-state index contributed by atoms with van der Waals surface area (Å²) in [6.45, 7) is 1.56. The molecule has 5 rings (SSSR count). The number of ether oxygens (including phenoxy) is 1. The lowest BCUT2D eigenvalue weighted by atomic mass is 10.2. The fraction of sp³-hybridized carbons (Fsp3) is 0.286. The van der Waals surface area contributed by atoms with E-state index in [0.29, 0.717) is 28.7 Å². The molecule has 11 heteroatoms. The van der Waals surface area contributed by atoms with Crippen LogP contribution < -0.4 is 10.1 Å². The third-order valence-corrected chi connectivity index (χ3v) is 8.53. The van der Waals surface area contributed by atoms with Crippen LogP contribution in [0.2, 0.25) is 5.02 Å². The Kier molecular flexibility index (Phi) is 8.33. The number of sulfone groups is 1. The number of nitrogens with one attached hydrogen (secondary N) is 1. The molecule has 1 saturated heterocycles. The van der Waals surface area contributed by atoms with Crippen LogP contribution in [-0.2, 0) is 16.4 Å². The van der Waals surface area contributed by atoms with Crippen molar-refractivity contribution in [3.8, 4) is 17.6 Å². The van der Waals surface area contributed by atoms with Crippen molar-refractivity contribution in [3.05, 3.63) is 76.1 Å². The number of anilines is 2. The highest BCUT2D eigenvalue weighted by molar-refractivity contribution is 7.90. The minimum Gasteiger partial charge on any atom is -0.487 e. The molecule has 1 aliphatic rings. The molecule has 2 aromatic heterocycles. The number of rotatable bonds is 8. The number of fused-ring (bicyclic) bond motifs is 1. The minimum atomic E-state index is -3.01. The van der Waals surface area contributed by atoms with Gasteiger partial charge in [-0.05, 0) is 61.3 Å². The van der Waals surface area contributed by atoms with Crippen LogP contribution in [0.5, 0.6) is 5.75 Å². The molecule has 0 amide bonds. The van der Waals surface area contributed by atoms with Gasteiger partial charge in [-0.15, -0.1) is 11.3 Å². The van der Waals surface area contributed by atoms with Gasteiger partial charge >= 0.3 is 0 Å². The first-order valence-corrected chi connectivity index (χ1v) is 15.6. The first kappa shape index (κ1) is 27.3. The van der Waals surface area contributed by atoms with Crippen LogP contribution in [0.1, 0.15) is 23.3 Å². The minimum absolute atomic E-state index is 0.0458. The fourth-order valence-electron chi connectivity index (χ4n) is 4.32. The van der Waals surface area contributed by atoms with Gasteiger partial charge in [-0.25, -0.2) is 22.8 Å². The van der Waals surface area contributed by atoms with E-state index in [1.165, 1.54) is 36.1 Å². The summed E-state index contributed by atoms with van der Waals surface area (Å²) in [7, 11) is -3.01. The molecule has 2 aromatic carbocycles. The maximum atomic E-state index is 13.4. The van der Waals surface area contributed by atoms with Crippen molar-refractivity contribution >= 4 is 54.5 Å². The van der Waals surface area contributed by atoms with Gasteiger partial charge in [0.2, 0.25) is 0 Å². The first-order chi connectivity index (χ1) is 18.7. The molecule has 0 bridgehead atoms. The number of hydrogen-bond donors (Lipinski definition) is 1. The zero-order valence-corrected chi connectivity index (χ0v) is 23.5. The number of hydrogen-bond acceptors (Lipinski definition) is 8. The van der Waals surface area contributed by atoms with E-state index < -0.39 is 9.84 Å². The van der Waals surface area contributed by atoms with Crippen LogP contribution in [0.4, 0.5) is 15.9 Å². The van der Waals surface area contributed by atoms with Gasteiger partial charge in [0.25, 0.3) is 0 Å². The third kappa shape index (κ3) is 7.25. The smallest absolute Gasteiger partial charge is 0.151 e. The van der Waals surface area contributed by atoms with Crippen molar-refractivity contribution in [2.45, 2.75) is 25.5 Å². The molecular weight excluding hydrogens is 559 g/mol. The largest absolute Gasteiger partial charge is 0.487 e. The summed E-state index contributed by atoms with van der Waals surface area (Å²) < 4.78 is 43.2. The average Bonchev–Trinajstić information content (AvgIpc) is 3.52. The molecular formula is C28H26ClFN4O3S2. The highest BCUT2D eigenvalue weighted by Gasteiger charge is 2.23. The lowest BCUT2D eigenvalue weighted by Crippen LogP contribution is -2.32. The number of aromatic nitrogens is 2. The van der Waals surface area contributed by atoms with Gasteiger partial charge in [0.1, 0.15) is 34.3 Å². The molecule has 0 radical (unpaired) electrons. The number of halogens is 2. The normalized spacial score (nSPS) is 15.7. The second-order valence-electron chi connectivity index (χ2n) is 9.33. The molecule has 1 aliphatic heterocycles. The van der Waals surface area contributed by atoms with E-state index in [1.807, 2.05) is 12.1 Å². The topological polar surface area (TPSA) is 84.4 Å². The Balaban J connectivity index is 1.28. The Morgan fingerprint density at radius 3 is 2.90 bits per heavy atom. The summed E-state index contributed by atoms with van der Waals surface area (Å²) in [5.41, 5.74) is 2.22. The Morgan fingerprint density at radius 2 is 2.10 bits per heavy atom. The van der Waals surface area contributed by atoms with E-state index in [9.17, 15) is 12.8 Å². The molecule has 0 saturated carbocycles. The Hall–Kier alpha value is -3.23. The van der Waals surface area contributed by atoms with Gasteiger partial charge in [-0.1, -0.05) is 35.6 Å². The fourth-order valence-corrected chi connectivity index (χ4v) is 6.04. The first-order valence-electron chi connectivity index (χ1n) is 12.4. The summed E-state index contributed by atoms with van der Waals surface area (Å²) in [5, 5.41) is 3.71. The summed E-state index contributed by atoms with van der Waals surface area (Å²) in [6.07, 6.45) is 4.69. The maximum absolute atomic E-state index is 13.4. The Bertz CT molecular complexity index is 1670. The van der Waals surface area contributed by atoms with Gasteiger partial charge in [0, 0.05) is 18.5 Å². The Labute approximate surface area is 235 Å². The van der Waals surface area contributed by atoms with Crippen molar-refractivity contribution < 1.29 is 17.5 Å². The van der Waals surface area contributed by atoms with E-state index >= 15 is 0 Å². The summed E-state index contributed by atoms with van der Waals surface area (Å²) >= 11 is 7.95. The van der Waals surface area contributed by atoms with E-state index in [0.717, 1.165) is 40.2 Å². The van der Waals surface area contributed by atoms with Gasteiger partial charge in [0.05, 0.1) is 31.9 Å². The molecule has 4 aromatic rings. The van der Waals surface area contributed by atoms with Gasteiger partial charge < -0.3 is 10.1 Å². The number of nitrogens with zero attached hydrogens (tertiary/aromatic N) is 3. The average molecular weight is 585 g/mol. The Morgan fingerprint density at radius 1 is 1.23 bits per heavy atom. The molecule has 0 aliphatic carbocycles. The second kappa shape index (κ2) is 11.9. The lowest BCUT2D eigenvalue weighted by Gasteiger charge is -2.19. The highest BCUT2D eigenvalue weighted by Crippen LogP contribution is 2.33. The van der Waals surface area contributed by atoms with Crippen molar-refractivity contribution in [1.29, 1.82) is 0 Å². The predicted octanol–water partition coefficient (Wildman–Crippen LogP) is 5.67. The van der Waals surface area contributed by atoms with Gasteiger partial charge in [-0.2, -0.15) is 0 Å². The molecule has 39 heavy (non-hydrogen) atoms. The van der Waals surface area contributed by atoms with Crippen molar-refractivity contribution in [2.24, 2.45) is 0 Å². The molecule has 1 atom stereocenters. The number of benzene rings is 2. The van der Waals surface area contributed by atoms with Crippen LogP contribution in [0.3, 0.4) is 0 Å². The molecule has 3 heterocycles. The van der Waals surface area contributed by atoms with E-state index in [1.54, 1.807) is 24.3 Å². The van der Waals surface area contributed by atoms with Crippen LogP contribution in [0, 0.1) is 17.7 Å². The molecule has 202 valence electrons. The molecule has 0 unspecified atom stereocenters. The van der Waals surface area contributed by atoms with Crippen LogP contribution >= 0.6 is 22.9 Å². The van der Waals surface area contributed by atoms with E-state index in [2.05, 4.69) is 32.0 Å². The zero-order valence-electron chi connectivity index (χ0n) is 21.2. The van der Waals surface area contributed by atoms with Crippen molar-refractivity contribution in [1.82, 2.24) is 14.9 Å². The maximum Gasteiger partial charge on any atom is 0.151 e. The zero-order chi connectivity index (χ0) is 27.4. The highest BCUT2D eigenvalue weighted by atomic mass is 35.5.